The highest BCUT2D eigenvalue weighted by Gasteiger charge is 2.34. The number of hydrogen-bond acceptors (Lipinski definition) is 4. The Labute approximate surface area is 136 Å². The summed E-state index contributed by atoms with van der Waals surface area (Å²) in [6.07, 6.45) is 7.53. The van der Waals surface area contributed by atoms with E-state index in [0.717, 1.165) is 23.9 Å². The lowest BCUT2D eigenvalue weighted by Gasteiger charge is -2.47. The zero-order chi connectivity index (χ0) is 15.7. The van der Waals surface area contributed by atoms with Crippen LogP contribution in [0.25, 0.3) is 0 Å². The van der Waals surface area contributed by atoms with Crippen molar-refractivity contribution in [1.82, 2.24) is 9.80 Å². The second kappa shape index (κ2) is 7.16. The molecule has 4 N–H and O–H groups in total. The summed E-state index contributed by atoms with van der Waals surface area (Å²) < 4.78 is 0. The first-order chi connectivity index (χ1) is 10.5. The van der Waals surface area contributed by atoms with Crippen molar-refractivity contribution in [3.8, 4) is 0 Å². The van der Waals surface area contributed by atoms with Gasteiger partial charge < -0.3 is 11.5 Å². The third-order valence-electron chi connectivity index (χ3n) is 6.29. The fourth-order valence-corrected chi connectivity index (χ4v) is 5.30. The Morgan fingerprint density at radius 1 is 0.591 bits per heavy atom. The van der Waals surface area contributed by atoms with E-state index in [1.54, 1.807) is 0 Å². The summed E-state index contributed by atoms with van der Waals surface area (Å²) in [5, 5.41) is 0. The van der Waals surface area contributed by atoms with Gasteiger partial charge in [0.2, 0.25) is 0 Å². The summed E-state index contributed by atoms with van der Waals surface area (Å²) in [7, 11) is 0. The molecule has 3 aliphatic rings. The maximum Gasteiger partial charge on any atom is 0.0114 e. The highest BCUT2D eigenvalue weighted by Crippen LogP contribution is 2.30. The molecule has 128 valence electrons. The van der Waals surface area contributed by atoms with Gasteiger partial charge >= 0.3 is 0 Å². The Balaban J connectivity index is 1.50. The molecule has 0 amide bonds. The molecule has 6 unspecified atom stereocenters. The minimum atomic E-state index is 0.420. The third kappa shape index (κ3) is 4.02. The average molecular weight is 309 g/mol. The zero-order valence-corrected chi connectivity index (χ0v) is 14.6. The Morgan fingerprint density at radius 2 is 0.955 bits per heavy atom. The van der Waals surface area contributed by atoms with Gasteiger partial charge in [0.25, 0.3) is 0 Å². The van der Waals surface area contributed by atoms with Crippen LogP contribution in [-0.2, 0) is 0 Å². The molecule has 0 aromatic rings. The van der Waals surface area contributed by atoms with Gasteiger partial charge in [-0.3, -0.25) is 9.80 Å². The van der Waals surface area contributed by atoms with E-state index in [1.807, 2.05) is 0 Å². The van der Waals surface area contributed by atoms with Gasteiger partial charge in [0, 0.05) is 50.3 Å². The van der Waals surface area contributed by atoms with Crippen LogP contribution in [0.2, 0.25) is 0 Å². The first-order valence-corrected chi connectivity index (χ1v) is 9.50. The van der Waals surface area contributed by atoms with Crippen molar-refractivity contribution in [3.63, 3.8) is 0 Å². The van der Waals surface area contributed by atoms with Crippen LogP contribution in [0.5, 0.6) is 0 Å². The third-order valence-corrected chi connectivity index (χ3v) is 6.29. The Bertz CT molecular complexity index is 299. The van der Waals surface area contributed by atoms with E-state index in [2.05, 4.69) is 23.6 Å². The lowest BCUT2D eigenvalue weighted by Crippen LogP contribution is -2.56. The van der Waals surface area contributed by atoms with Crippen LogP contribution in [0.1, 0.15) is 52.4 Å². The molecule has 22 heavy (non-hydrogen) atoms. The van der Waals surface area contributed by atoms with E-state index in [4.69, 9.17) is 11.5 Å². The average Bonchev–Trinajstić information content (AvgIpc) is 2.45. The Hall–Kier alpha value is -0.160. The summed E-state index contributed by atoms with van der Waals surface area (Å²) >= 11 is 0. The zero-order valence-electron chi connectivity index (χ0n) is 14.6. The Morgan fingerprint density at radius 3 is 1.27 bits per heavy atom. The first kappa shape index (κ1) is 16.7. The van der Waals surface area contributed by atoms with Crippen molar-refractivity contribution in [3.05, 3.63) is 0 Å². The summed E-state index contributed by atoms with van der Waals surface area (Å²) in [6, 6.07) is 2.30. The molecule has 2 saturated carbocycles. The minimum Gasteiger partial charge on any atom is -0.328 e. The van der Waals surface area contributed by atoms with E-state index < -0.39 is 0 Å². The maximum absolute atomic E-state index is 6.25. The highest BCUT2D eigenvalue weighted by molar-refractivity contribution is 4.91. The van der Waals surface area contributed by atoms with Crippen molar-refractivity contribution < 1.29 is 0 Å². The molecule has 1 heterocycles. The predicted molar refractivity (Wildman–Crippen MR) is 92.7 cm³/mol. The van der Waals surface area contributed by atoms with Crippen LogP contribution in [0, 0.1) is 11.8 Å². The topological polar surface area (TPSA) is 58.5 Å². The molecule has 0 aromatic heterocycles. The lowest BCUT2D eigenvalue weighted by atomic mass is 9.82. The van der Waals surface area contributed by atoms with Crippen LogP contribution in [0.15, 0.2) is 0 Å². The van der Waals surface area contributed by atoms with Gasteiger partial charge in [0.15, 0.2) is 0 Å². The maximum atomic E-state index is 6.25. The van der Waals surface area contributed by atoms with Gasteiger partial charge in [-0.05, 0) is 50.4 Å². The molecule has 1 aliphatic heterocycles. The molecule has 0 radical (unpaired) electrons. The van der Waals surface area contributed by atoms with Gasteiger partial charge in [-0.2, -0.15) is 0 Å². The van der Waals surface area contributed by atoms with Gasteiger partial charge in [0.05, 0.1) is 0 Å². The van der Waals surface area contributed by atoms with Crippen molar-refractivity contribution in [2.45, 2.75) is 76.5 Å². The number of hydrogen-bond donors (Lipinski definition) is 2. The van der Waals surface area contributed by atoms with Crippen LogP contribution < -0.4 is 11.5 Å². The molecule has 4 nitrogen and oxygen atoms in total. The van der Waals surface area contributed by atoms with Crippen molar-refractivity contribution >= 4 is 0 Å². The highest BCUT2D eigenvalue weighted by atomic mass is 15.3. The van der Waals surface area contributed by atoms with Gasteiger partial charge in [-0.25, -0.2) is 0 Å². The predicted octanol–water partition coefficient (Wildman–Crippen LogP) is 1.64. The van der Waals surface area contributed by atoms with E-state index in [9.17, 15) is 0 Å². The standard InChI is InChI=1S/C18H36N4/c1-13-7-15(19)11-17(9-13)21-3-5-22(6-4-21)18-10-14(2)8-16(20)12-18/h13-18H,3-12,19-20H2,1-2H3. The summed E-state index contributed by atoms with van der Waals surface area (Å²) in [4.78, 5) is 5.44. The molecular weight excluding hydrogens is 272 g/mol. The molecule has 0 spiro atoms. The number of nitrogens with zero attached hydrogens (tertiary/aromatic N) is 2. The van der Waals surface area contributed by atoms with Crippen LogP contribution >= 0.6 is 0 Å². The second-order valence-corrected chi connectivity index (χ2v) is 8.52. The van der Waals surface area contributed by atoms with E-state index in [0.29, 0.717) is 12.1 Å². The van der Waals surface area contributed by atoms with Crippen LogP contribution in [0.4, 0.5) is 0 Å². The van der Waals surface area contributed by atoms with E-state index in [1.165, 1.54) is 64.7 Å². The molecule has 6 atom stereocenters. The smallest absolute Gasteiger partial charge is 0.0114 e. The summed E-state index contributed by atoms with van der Waals surface area (Å²) in [5.74, 6) is 1.59. The second-order valence-electron chi connectivity index (χ2n) is 8.52. The normalized spacial score (nSPS) is 45.8. The van der Waals surface area contributed by atoms with Crippen molar-refractivity contribution in [1.29, 1.82) is 0 Å². The van der Waals surface area contributed by atoms with E-state index >= 15 is 0 Å². The van der Waals surface area contributed by atoms with Crippen LogP contribution in [-0.4, -0.2) is 60.1 Å². The lowest BCUT2D eigenvalue weighted by molar-refractivity contribution is 0.0293. The van der Waals surface area contributed by atoms with Gasteiger partial charge in [-0.15, -0.1) is 0 Å². The molecule has 2 aliphatic carbocycles. The van der Waals surface area contributed by atoms with E-state index in [-0.39, 0.29) is 0 Å². The van der Waals surface area contributed by atoms with Gasteiger partial charge in [0.1, 0.15) is 0 Å². The fraction of sp³-hybridized carbons (Fsp3) is 1.00. The first-order valence-electron chi connectivity index (χ1n) is 9.50. The minimum absolute atomic E-state index is 0.420. The van der Waals surface area contributed by atoms with Gasteiger partial charge in [-0.1, -0.05) is 13.8 Å². The SMILES string of the molecule is CC1CC(N)CC(N2CCN(C3CC(C)CC(N)C3)CC2)C1. The number of nitrogens with two attached hydrogens (primary N) is 2. The number of piperazine rings is 1. The largest absolute Gasteiger partial charge is 0.328 e. The summed E-state index contributed by atoms with van der Waals surface area (Å²) in [5.41, 5.74) is 12.5. The molecule has 0 aromatic carbocycles. The molecule has 4 heteroatoms. The molecular formula is C18H36N4. The van der Waals surface area contributed by atoms with Crippen molar-refractivity contribution in [2.24, 2.45) is 23.3 Å². The van der Waals surface area contributed by atoms with Crippen LogP contribution in [0.3, 0.4) is 0 Å². The molecule has 0 bridgehead atoms. The molecule has 3 fully saturated rings. The number of rotatable bonds is 2. The quantitative estimate of drug-likeness (QED) is 0.814. The van der Waals surface area contributed by atoms with Crippen molar-refractivity contribution in [2.75, 3.05) is 26.2 Å². The fourth-order valence-electron chi connectivity index (χ4n) is 5.30. The monoisotopic (exact) mass is 308 g/mol. The summed E-state index contributed by atoms with van der Waals surface area (Å²) in [6.45, 7) is 9.64. The molecule has 3 rings (SSSR count). The molecule has 1 saturated heterocycles. The Kier molecular flexibility index (Phi) is 5.43.